The lowest BCUT2D eigenvalue weighted by Crippen LogP contribution is -2.29. The van der Waals surface area contributed by atoms with Gasteiger partial charge in [0.1, 0.15) is 5.82 Å². The van der Waals surface area contributed by atoms with Gasteiger partial charge in [0.2, 0.25) is 0 Å². The van der Waals surface area contributed by atoms with Crippen molar-refractivity contribution in [1.82, 2.24) is 10.3 Å². The van der Waals surface area contributed by atoms with E-state index in [2.05, 4.69) is 53.4 Å². The molecule has 90 valence electrons. The second-order valence-corrected chi connectivity index (χ2v) is 4.14. The zero-order chi connectivity index (χ0) is 12.1. The number of nitrogens with zero attached hydrogens (tertiary/aromatic N) is 2. The standard InChI is InChI=1S/C14H19N3/c1-3-15-10-11-17(2)14-9-8-12-6-4-5-7-13(12)16-14/h4-9,15H,3,10-11H2,1-2H3. The van der Waals surface area contributed by atoms with E-state index >= 15 is 0 Å². The number of hydrogen-bond acceptors (Lipinski definition) is 3. The van der Waals surface area contributed by atoms with Crippen molar-refractivity contribution in [1.29, 1.82) is 0 Å². The summed E-state index contributed by atoms with van der Waals surface area (Å²) < 4.78 is 0. The number of fused-ring (bicyclic) bond motifs is 1. The Morgan fingerprint density at radius 2 is 2.00 bits per heavy atom. The number of rotatable bonds is 5. The van der Waals surface area contributed by atoms with Crippen LogP contribution in [-0.2, 0) is 0 Å². The average Bonchev–Trinajstić information content (AvgIpc) is 2.38. The summed E-state index contributed by atoms with van der Waals surface area (Å²) in [6.45, 7) is 5.09. The van der Waals surface area contributed by atoms with E-state index in [1.165, 1.54) is 5.39 Å². The zero-order valence-electron chi connectivity index (χ0n) is 10.5. The highest BCUT2D eigenvalue weighted by Crippen LogP contribution is 2.16. The molecule has 0 aliphatic carbocycles. The first-order valence-electron chi connectivity index (χ1n) is 6.09. The molecule has 2 aromatic rings. The van der Waals surface area contributed by atoms with E-state index in [-0.39, 0.29) is 0 Å². The number of hydrogen-bond donors (Lipinski definition) is 1. The molecule has 0 aliphatic rings. The Bertz CT molecular complexity index is 482. The van der Waals surface area contributed by atoms with Crippen LogP contribution in [0.1, 0.15) is 6.92 Å². The van der Waals surface area contributed by atoms with Crippen molar-refractivity contribution in [3.63, 3.8) is 0 Å². The summed E-state index contributed by atoms with van der Waals surface area (Å²) in [5.41, 5.74) is 1.06. The summed E-state index contributed by atoms with van der Waals surface area (Å²) >= 11 is 0. The third-order valence-electron chi connectivity index (χ3n) is 2.85. The molecule has 0 aliphatic heterocycles. The predicted octanol–water partition coefficient (Wildman–Crippen LogP) is 2.28. The van der Waals surface area contributed by atoms with Crippen molar-refractivity contribution in [2.45, 2.75) is 6.92 Å². The molecule has 1 aromatic heterocycles. The molecule has 17 heavy (non-hydrogen) atoms. The highest BCUT2D eigenvalue weighted by molar-refractivity contribution is 5.80. The van der Waals surface area contributed by atoms with Crippen molar-refractivity contribution in [3.8, 4) is 0 Å². The quantitative estimate of drug-likeness (QED) is 0.797. The molecule has 1 heterocycles. The van der Waals surface area contributed by atoms with Crippen LogP contribution in [0.3, 0.4) is 0 Å². The Morgan fingerprint density at radius 3 is 2.82 bits per heavy atom. The number of likely N-dealkylation sites (N-methyl/N-ethyl adjacent to an activating group) is 2. The van der Waals surface area contributed by atoms with E-state index in [9.17, 15) is 0 Å². The van der Waals surface area contributed by atoms with Gasteiger partial charge >= 0.3 is 0 Å². The molecule has 3 heteroatoms. The molecule has 0 saturated heterocycles. The van der Waals surface area contributed by atoms with Crippen molar-refractivity contribution in [3.05, 3.63) is 36.4 Å². The predicted molar refractivity (Wildman–Crippen MR) is 73.6 cm³/mol. The normalized spacial score (nSPS) is 10.7. The summed E-state index contributed by atoms with van der Waals surface area (Å²) in [4.78, 5) is 6.83. The number of pyridine rings is 1. The van der Waals surface area contributed by atoms with Crippen LogP contribution >= 0.6 is 0 Å². The van der Waals surface area contributed by atoms with Gasteiger partial charge in [0.15, 0.2) is 0 Å². The fourth-order valence-electron chi connectivity index (χ4n) is 1.81. The number of benzene rings is 1. The van der Waals surface area contributed by atoms with Crippen LogP contribution in [0.2, 0.25) is 0 Å². The van der Waals surface area contributed by atoms with Crippen molar-refractivity contribution in [2.75, 3.05) is 31.6 Å². The van der Waals surface area contributed by atoms with E-state index in [4.69, 9.17) is 0 Å². The molecule has 0 spiro atoms. The SMILES string of the molecule is CCNCCN(C)c1ccc2ccccc2n1. The second-order valence-electron chi connectivity index (χ2n) is 4.14. The molecule has 0 unspecified atom stereocenters. The van der Waals surface area contributed by atoms with Crippen LogP contribution in [0.25, 0.3) is 10.9 Å². The molecular formula is C14H19N3. The van der Waals surface area contributed by atoms with E-state index < -0.39 is 0 Å². The molecule has 1 aromatic carbocycles. The maximum absolute atomic E-state index is 4.65. The summed E-state index contributed by atoms with van der Waals surface area (Å²) in [5, 5.41) is 4.51. The van der Waals surface area contributed by atoms with Crippen molar-refractivity contribution < 1.29 is 0 Å². The lowest BCUT2D eigenvalue weighted by molar-refractivity contribution is 0.703. The topological polar surface area (TPSA) is 28.2 Å². The van der Waals surface area contributed by atoms with Crippen LogP contribution in [0, 0.1) is 0 Å². The number of aromatic nitrogens is 1. The third kappa shape index (κ3) is 2.94. The van der Waals surface area contributed by atoms with Crippen LogP contribution < -0.4 is 10.2 Å². The number of nitrogens with one attached hydrogen (secondary N) is 1. The van der Waals surface area contributed by atoms with Gasteiger partial charge in [-0.3, -0.25) is 0 Å². The van der Waals surface area contributed by atoms with Gasteiger partial charge in [-0.25, -0.2) is 4.98 Å². The number of para-hydroxylation sites is 1. The van der Waals surface area contributed by atoms with Gasteiger partial charge in [0.25, 0.3) is 0 Å². The Balaban J connectivity index is 2.12. The molecule has 0 saturated carbocycles. The molecule has 2 rings (SSSR count). The summed E-state index contributed by atoms with van der Waals surface area (Å²) in [5.74, 6) is 1.03. The largest absolute Gasteiger partial charge is 0.358 e. The van der Waals surface area contributed by atoms with Crippen LogP contribution in [-0.4, -0.2) is 31.7 Å². The van der Waals surface area contributed by atoms with Crippen LogP contribution in [0.5, 0.6) is 0 Å². The summed E-state index contributed by atoms with van der Waals surface area (Å²) in [7, 11) is 2.08. The van der Waals surface area contributed by atoms with Crippen molar-refractivity contribution >= 4 is 16.7 Å². The van der Waals surface area contributed by atoms with E-state index in [1.54, 1.807) is 0 Å². The smallest absolute Gasteiger partial charge is 0.129 e. The minimum atomic E-state index is 0.971. The van der Waals surface area contributed by atoms with Crippen molar-refractivity contribution in [2.24, 2.45) is 0 Å². The minimum absolute atomic E-state index is 0.971. The lowest BCUT2D eigenvalue weighted by atomic mass is 10.2. The second kappa shape index (κ2) is 5.64. The highest BCUT2D eigenvalue weighted by Gasteiger charge is 2.02. The van der Waals surface area contributed by atoms with Gasteiger partial charge in [-0.05, 0) is 24.7 Å². The van der Waals surface area contributed by atoms with Gasteiger partial charge in [0, 0.05) is 25.5 Å². The van der Waals surface area contributed by atoms with E-state index in [0.717, 1.165) is 31.0 Å². The van der Waals surface area contributed by atoms with E-state index in [1.807, 2.05) is 12.1 Å². The molecule has 1 N–H and O–H groups in total. The van der Waals surface area contributed by atoms with Gasteiger partial charge in [-0.1, -0.05) is 25.1 Å². The zero-order valence-corrected chi connectivity index (χ0v) is 10.5. The molecule has 3 nitrogen and oxygen atoms in total. The minimum Gasteiger partial charge on any atom is -0.358 e. The van der Waals surface area contributed by atoms with Gasteiger partial charge in [-0.2, -0.15) is 0 Å². The third-order valence-corrected chi connectivity index (χ3v) is 2.85. The van der Waals surface area contributed by atoms with Gasteiger partial charge in [-0.15, -0.1) is 0 Å². The van der Waals surface area contributed by atoms with Crippen LogP contribution in [0.15, 0.2) is 36.4 Å². The van der Waals surface area contributed by atoms with Crippen LogP contribution in [0.4, 0.5) is 5.82 Å². The first-order chi connectivity index (χ1) is 8.31. The molecular weight excluding hydrogens is 210 g/mol. The van der Waals surface area contributed by atoms with Gasteiger partial charge in [0.05, 0.1) is 5.52 Å². The summed E-state index contributed by atoms with van der Waals surface area (Å²) in [6, 6.07) is 12.4. The molecule has 0 atom stereocenters. The molecule has 0 bridgehead atoms. The fourth-order valence-corrected chi connectivity index (χ4v) is 1.81. The highest BCUT2D eigenvalue weighted by atomic mass is 15.2. The van der Waals surface area contributed by atoms with E-state index in [0.29, 0.717) is 0 Å². The maximum Gasteiger partial charge on any atom is 0.129 e. The summed E-state index contributed by atoms with van der Waals surface area (Å²) in [6.07, 6.45) is 0. The molecule has 0 radical (unpaired) electrons. The Hall–Kier alpha value is -1.61. The Morgan fingerprint density at radius 1 is 1.18 bits per heavy atom. The first-order valence-corrected chi connectivity index (χ1v) is 6.09. The first kappa shape index (κ1) is 11.9. The Labute approximate surface area is 102 Å². The molecule has 0 fully saturated rings. The van der Waals surface area contributed by atoms with Gasteiger partial charge < -0.3 is 10.2 Å². The molecule has 0 amide bonds. The monoisotopic (exact) mass is 229 g/mol. The maximum atomic E-state index is 4.65. The Kier molecular flexibility index (Phi) is 3.94. The fraction of sp³-hybridized carbons (Fsp3) is 0.357. The number of anilines is 1. The lowest BCUT2D eigenvalue weighted by Gasteiger charge is -2.18. The average molecular weight is 229 g/mol.